The van der Waals surface area contributed by atoms with Gasteiger partial charge in [-0.25, -0.2) is 5.06 Å². The third kappa shape index (κ3) is 3.07. The number of nitrogens with zero attached hydrogens (tertiary/aromatic N) is 2. The largest absolute Gasteiger partial charge is 0.492 e. The summed E-state index contributed by atoms with van der Waals surface area (Å²) in [7, 11) is 0. The number of hydroxylamine groups is 2. The molecule has 2 heterocycles. The number of carbonyl (C=O) groups excluding carboxylic acids is 1. The molecule has 6 heteroatoms. The molecule has 0 aliphatic heterocycles. The van der Waals surface area contributed by atoms with E-state index in [2.05, 4.69) is 9.97 Å². The van der Waals surface area contributed by atoms with Crippen LogP contribution in [-0.4, -0.2) is 39.3 Å². The van der Waals surface area contributed by atoms with Crippen LogP contribution < -0.4 is 4.74 Å². The van der Waals surface area contributed by atoms with Gasteiger partial charge in [-0.15, -0.1) is 0 Å². The Hall–Kier alpha value is -2.86. The van der Waals surface area contributed by atoms with Crippen LogP contribution in [0, 0.1) is 0 Å². The number of hydrogen-bond donors (Lipinski definition) is 2. The summed E-state index contributed by atoms with van der Waals surface area (Å²) in [5.74, 6) is 0.127. The van der Waals surface area contributed by atoms with Crippen LogP contribution in [0.1, 0.15) is 10.5 Å². The lowest BCUT2D eigenvalue weighted by atomic mass is 10.2. The second kappa shape index (κ2) is 6.28. The number of aromatic amines is 1. The minimum Gasteiger partial charge on any atom is -0.492 e. The molecule has 0 fully saturated rings. The molecule has 1 amide bonds. The van der Waals surface area contributed by atoms with Crippen LogP contribution in [0.4, 0.5) is 0 Å². The Balaban J connectivity index is 1.59. The molecule has 0 bridgehead atoms. The number of aromatic nitrogens is 2. The van der Waals surface area contributed by atoms with E-state index in [1.54, 1.807) is 18.5 Å². The van der Waals surface area contributed by atoms with Crippen LogP contribution >= 0.6 is 0 Å². The van der Waals surface area contributed by atoms with Gasteiger partial charge in [0, 0.05) is 23.3 Å². The maximum Gasteiger partial charge on any atom is 0.295 e. The Kier molecular flexibility index (Phi) is 4.02. The van der Waals surface area contributed by atoms with Crippen molar-refractivity contribution in [3.63, 3.8) is 0 Å². The maximum atomic E-state index is 12.1. The zero-order chi connectivity index (χ0) is 15.4. The zero-order valence-electron chi connectivity index (χ0n) is 11.8. The van der Waals surface area contributed by atoms with E-state index in [4.69, 9.17) is 4.74 Å². The molecule has 2 aromatic heterocycles. The van der Waals surface area contributed by atoms with Gasteiger partial charge in [0.1, 0.15) is 18.1 Å². The highest BCUT2D eigenvalue weighted by atomic mass is 16.5. The first-order valence-corrected chi connectivity index (χ1v) is 6.86. The quantitative estimate of drug-likeness (QED) is 0.560. The number of nitrogens with one attached hydrogen (secondary N) is 1. The number of amides is 1. The summed E-state index contributed by atoms with van der Waals surface area (Å²) in [4.78, 5) is 19.2. The van der Waals surface area contributed by atoms with Crippen LogP contribution in [0.3, 0.4) is 0 Å². The summed E-state index contributed by atoms with van der Waals surface area (Å²) in [5.41, 5.74) is 0.976. The first-order chi connectivity index (χ1) is 10.7. The third-order valence-electron chi connectivity index (χ3n) is 3.21. The van der Waals surface area contributed by atoms with Crippen molar-refractivity contribution in [2.75, 3.05) is 13.2 Å². The Morgan fingerprint density at radius 2 is 2.09 bits per heavy atom. The first-order valence-electron chi connectivity index (χ1n) is 6.86. The molecular weight excluding hydrogens is 282 g/mol. The first kappa shape index (κ1) is 14.1. The molecular formula is C16H15N3O3. The van der Waals surface area contributed by atoms with Crippen LogP contribution in [0.5, 0.6) is 5.75 Å². The molecule has 0 atom stereocenters. The highest BCUT2D eigenvalue weighted by Gasteiger charge is 2.15. The SMILES string of the molecule is O=C(c1cc2[nH]ccc2cn1)N(O)CCOc1ccccc1. The minimum atomic E-state index is -0.562. The monoisotopic (exact) mass is 297 g/mol. The van der Waals surface area contributed by atoms with Crippen LogP contribution in [0.25, 0.3) is 10.9 Å². The molecule has 3 aromatic rings. The lowest BCUT2D eigenvalue weighted by Crippen LogP contribution is -2.32. The summed E-state index contributed by atoms with van der Waals surface area (Å²) in [6.07, 6.45) is 3.36. The number of pyridine rings is 1. The van der Waals surface area contributed by atoms with Crippen LogP contribution in [0.2, 0.25) is 0 Å². The van der Waals surface area contributed by atoms with Gasteiger partial charge in [-0.1, -0.05) is 18.2 Å². The standard InChI is InChI=1S/C16H15N3O3/c20-16(15-10-14-12(11-18-15)6-7-17-14)19(21)8-9-22-13-4-2-1-3-5-13/h1-7,10-11,17,21H,8-9H2. The molecule has 6 nitrogen and oxygen atoms in total. The molecule has 0 radical (unpaired) electrons. The molecule has 0 saturated heterocycles. The Morgan fingerprint density at radius 1 is 1.27 bits per heavy atom. The lowest BCUT2D eigenvalue weighted by Gasteiger charge is -2.15. The molecule has 3 rings (SSSR count). The second-order valence-electron chi connectivity index (χ2n) is 4.72. The van der Waals surface area contributed by atoms with Crippen molar-refractivity contribution in [1.29, 1.82) is 0 Å². The molecule has 1 aromatic carbocycles. The number of carbonyl (C=O) groups is 1. The number of hydrogen-bond acceptors (Lipinski definition) is 4. The fourth-order valence-corrected chi connectivity index (χ4v) is 2.06. The fraction of sp³-hybridized carbons (Fsp3) is 0.125. The van der Waals surface area contributed by atoms with E-state index < -0.39 is 5.91 Å². The Labute approximate surface area is 126 Å². The predicted molar refractivity (Wildman–Crippen MR) is 80.9 cm³/mol. The van der Waals surface area contributed by atoms with E-state index in [-0.39, 0.29) is 18.8 Å². The van der Waals surface area contributed by atoms with E-state index >= 15 is 0 Å². The number of H-pyrrole nitrogens is 1. The summed E-state index contributed by atoms with van der Waals surface area (Å²) in [6, 6.07) is 12.7. The zero-order valence-corrected chi connectivity index (χ0v) is 11.8. The van der Waals surface area contributed by atoms with Gasteiger partial charge in [-0.05, 0) is 24.3 Å². The van der Waals surface area contributed by atoms with Gasteiger partial charge in [-0.3, -0.25) is 15.0 Å². The van der Waals surface area contributed by atoms with Crippen molar-refractivity contribution in [3.05, 3.63) is 60.6 Å². The minimum absolute atomic E-state index is 0.0537. The summed E-state index contributed by atoms with van der Waals surface area (Å²) < 4.78 is 5.44. The molecule has 22 heavy (non-hydrogen) atoms. The number of para-hydroxylation sites is 1. The highest BCUT2D eigenvalue weighted by Crippen LogP contribution is 2.13. The topological polar surface area (TPSA) is 78.5 Å². The van der Waals surface area contributed by atoms with Crippen LogP contribution in [0.15, 0.2) is 54.9 Å². The predicted octanol–water partition coefficient (Wildman–Crippen LogP) is 2.47. The number of fused-ring (bicyclic) bond motifs is 1. The smallest absolute Gasteiger partial charge is 0.295 e. The van der Waals surface area contributed by atoms with Gasteiger partial charge in [0.2, 0.25) is 0 Å². The van der Waals surface area contributed by atoms with Gasteiger partial charge in [0.25, 0.3) is 5.91 Å². The highest BCUT2D eigenvalue weighted by molar-refractivity contribution is 5.94. The van der Waals surface area contributed by atoms with E-state index in [1.807, 2.05) is 36.4 Å². The molecule has 0 spiro atoms. The van der Waals surface area contributed by atoms with Crippen molar-refractivity contribution >= 4 is 16.8 Å². The van der Waals surface area contributed by atoms with Gasteiger partial charge < -0.3 is 9.72 Å². The maximum absolute atomic E-state index is 12.1. The van der Waals surface area contributed by atoms with E-state index in [0.717, 1.165) is 10.9 Å². The fourth-order valence-electron chi connectivity index (χ4n) is 2.06. The van der Waals surface area contributed by atoms with E-state index in [1.165, 1.54) is 0 Å². The van der Waals surface area contributed by atoms with Gasteiger partial charge in [-0.2, -0.15) is 0 Å². The van der Waals surface area contributed by atoms with Crippen molar-refractivity contribution < 1.29 is 14.7 Å². The molecule has 0 aliphatic carbocycles. The molecule has 0 aliphatic rings. The van der Waals surface area contributed by atoms with Crippen LogP contribution in [-0.2, 0) is 0 Å². The number of rotatable bonds is 5. The van der Waals surface area contributed by atoms with Gasteiger partial charge >= 0.3 is 0 Å². The molecule has 112 valence electrons. The van der Waals surface area contributed by atoms with Crippen molar-refractivity contribution in [1.82, 2.24) is 15.0 Å². The lowest BCUT2D eigenvalue weighted by molar-refractivity contribution is -0.0640. The van der Waals surface area contributed by atoms with E-state index in [9.17, 15) is 10.0 Å². The molecule has 2 N–H and O–H groups in total. The van der Waals surface area contributed by atoms with Gasteiger partial charge in [0.15, 0.2) is 0 Å². The van der Waals surface area contributed by atoms with E-state index in [0.29, 0.717) is 10.8 Å². The molecule has 0 saturated carbocycles. The average molecular weight is 297 g/mol. The summed E-state index contributed by atoms with van der Waals surface area (Å²) >= 11 is 0. The number of benzene rings is 1. The summed E-state index contributed by atoms with van der Waals surface area (Å²) in [5, 5.41) is 11.3. The average Bonchev–Trinajstić information content (AvgIpc) is 3.02. The van der Waals surface area contributed by atoms with Crippen molar-refractivity contribution in [2.45, 2.75) is 0 Å². The number of ether oxygens (including phenoxy) is 1. The van der Waals surface area contributed by atoms with Gasteiger partial charge in [0.05, 0.1) is 6.54 Å². The Bertz CT molecular complexity index is 770. The van der Waals surface area contributed by atoms with Crippen molar-refractivity contribution in [2.24, 2.45) is 0 Å². The van der Waals surface area contributed by atoms with Crippen molar-refractivity contribution in [3.8, 4) is 5.75 Å². The third-order valence-corrected chi connectivity index (χ3v) is 3.21. The second-order valence-corrected chi connectivity index (χ2v) is 4.72. The molecule has 0 unspecified atom stereocenters. The normalized spacial score (nSPS) is 10.6. The summed E-state index contributed by atoms with van der Waals surface area (Å²) in [6.45, 7) is 0.245. The Morgan fingerprint density at radius 3 is 2.91 bits per heavy atom.